The van der Waals surface area contributed by atoms with Gasteiger partial charge >= 0.3 is 0 Å². The van der Waals surface area contributed by atoms with Crippen molar-refractivity contribution in [3.05, 3.63) is 34.9 Å². The molecule has 1 fully saturated rings. The number of hydrogen-bond donors (Lipinski definition) is 1. The van der Waals surface area contributed by atoms with E-state index in [2.05, 4.69) is 21.2 Å². The predicted molar refractivity (Wildman–Crippen MR) is 77.4 cm³/mol. The van der Waals surface area contributed by atoms with Gasteiger partial charge in [0.05, 0.1) is 18.8 Å². The molecule has 0 bridgehead atoms. The fraction of sp³-hybridized carbons (Fsp3) is 0.533. The van der Waals surface area contributed by atoms with Crippen molar-refractivity contribution in [3.63, 3.8) is 0 Å². The number of nitrogens with one attached hydrogen (secondary N) is 1. The number of alkyl halides is 1. The maximum atomic E-state index is 12.4. The van der Waals surface area contributed by atoms with Crippen molar-refractivity contribution in [2.24, 2.45) is 0 Å². The van der Waals surface area contributed by atoms with Crippen LogP contribution in [0.25, 0.3) is 0 Å². The third-order valence-corrected chi connectivity index (χ3v) is 5.25. The number of carbonyl (C=O) groups is 1. The second kappa shape index (κ2) is 5.25. The SMILES string of the molecule is O=C(NC1(CBr)CCCC1)c1ccc2c(c1)COC2. The van der Waals surface area contributed by atoms with E-state index in [9.17, 15) is 4.79 Å². The first-order valence-electron chi connectivity index (χ1n) is 6.80. The smallest absolute Gasteiger partial charge is 0.251 e. The van der Waals surface area contributed by atoms with E-state index in [0.29, 0.717) is 13.2 Å². The molecule has 1 N–H and O–H groups in total. The van der Waals surface area contributed by atoms with Crippen molar-refractivity contribution >= 4 is 21.8 Å². The van der Waals surface area contributed by atoms with E-state index in [-0.39, 0.29) is 11.4 Å². The van der Waals surface area contributed by atoms with Gasteiger partial charge in [0, 0.05) is 10.9 Å². The van der Waals surface area contributed by atoms with Crippen LogP contribution in [0.4, 0.5) is 0 Å². The standard InChI is InChI=1S/C15H18BrNO2/c16-10-15(5-1-2-6-15)17-14(18)11-3-4-12-8-19-9-13(12)7-11/h3-4,7H,1-2,5-6,8-10H2,(H,17,18). The highest BCUT2D eigenvalue weighted by Gasteiger charge is 2.34. The molecule has 0 unspecified atom stereocenters. The Balaban J connectivity index is 1.77. The third kappa shape index (κ3) is 2.56. The van der Waals surface area contributed by atoms with Crippen LogP contribution in [-0.2, 0) is 18.0 Å². The average Bonchev–Trinajstić information content (AvgIpc) is 3.06. The number of hydrogen-bond acceptors (Lipinski definition) is 2. The van der Waals surface area contributed by atoms with Crippen molar-refractivity contribution in [1.82, 2.24) is 5.32 Å². The van der Waals surface area contributed by atoms with Crippen LogP contribution in [0.15, 0.2) is 18.2 Å². The molecule has 19 heavy (non-hydrogen) atoms. The summed E-state index contributed by atoms with van der Waals surface area (Å²) in [5, 5.41) is 4.06. The van der Waals surface area contributed by atoms with E-state index in [1.54, 1.807) is 0 Å². The molecule has 1 aromatic carbocycles. The summed E-state index contributed by atoms with van der Waals surface area (Å²) in [5.74, 6) is 0.0380. The van der Waals surface area contributed by atoms with Gasteiger partial charge in [0.25, 0.3) is 5.91 Å². The van der Waals surface area contributed by atoms with E-state index in [1.807, 2.05) is 18.2 Å². The molecular formula is C15H18BrNO2. The molecule has 0 saturated heterocycles. The first kappa shape index (κ1) is 13.1. The van der Waals surface area contributed by atoms with E-state index in [4.69, 9.17) is 4.74 Å². The molecule has 1 aliphatic carbocycles. The molecule has 0 spiro atoms. The Morgan fingerprint density at radius 1 is 1.26 bits per heavy atom. The van der Waals surface area contributed by atoms with E-state index < -0.39 is 0 Å². The molecule has 0 atom stereocenters. The van der Waals surface area contributed by atoms with Gasteiger partial charge in [0.15, 0.2) is 0 Å². The highest BCUT2D eigenvalue weighted by atomic mass is 79.9. The van der Waals surface area contributed by atoms with Gasteiger partial charge in [0.1, 0.15) is 0 Å². The lowest BCUT2D eigenvalue weighted by Crippen LogP contribution is -2.47. The number of fused-ring (bicyclic) bond motifs is 1. The van der Waals surface area contributed by atoms with Crippen molar-refractivity contribution < 1.29 is 9.53 Å². The van der Waals surface area contributed by atoms with Gasteiger partial charge in [-0.1, -0.05) is 34.8 Å². The molecule has 1 amide bonds. The fourth-order valence-electron chi connectivity index (χ4n) is 2.97. The Bertz CT molecular complexity index is 495. The monoisotopic (exact) mass is 323 g/mol. The number of benzene rings is 1. The molecule has 1 aromatic rings. The molecule has 1 heterocycles. The Kier molecular flexibility index (Phi) is 3.63. The summed E-state index contributed by atoms with van der Waals surface area (Å²) < 4.78 is 5.38. The summed E-state index contributed by atoms with van der Waals surface area (Å²) >= 11 is 3.55. The first-order valence-corrected chi connectivity index (χ1v) is 7.93. The lowest BCUT2D eigenvalue weighted by Gasteiger charge is -2.28. The molecule has 0 aromatic heterocycles. The van der Waals surface area contributed by atoms with Gasteiger partial charge in [-0.3, -0.25) is 4.79 Å². The van der Waals surface area contributed by atoms with E-state index in [1.165, 1.54) is 18.4 Å². The van der Waals surface area contributed by atoms with Gasteiger partial charge in [-0.15, -0.1) is 0 Å². The molecular weight excluding hydrogens is 306 g/mol. The number of ether oxygens (including phenoxy) is 1. The van der Waals surface area contributed by atoms with E-state index >= 15 is 0 Å². The van der Waals surface area contributed by atoms with Crippen LogP contribution in [-0.4, -0.2) is 16.8 Å². The van der Waals surface area contributed by atoms with Crippen molar-refractivity contribution in [1.29, 1.82) is 0 Å². The summed E-state index contributed by atoms with van der Waals surface area (Å²) in [4.78, 5) is 12.4. The van der Waals surface area contributed by atoms with Crippen LogP contribution in [0.3, 0.4) is 0 Å². The molecule has 1 saturated carbocycles. The minimum atomic E-state index is -0.0490. The molecule has 0 radical (unpaired) electrons. The zero-order valence-electron chi connectivity index (χ0n) is 10.9. The molecule has 4 heteroatoms. The second-order valence-corrected chi connectivity index (χ2v) is 6.11. The maximum absolute atomic E-state index is 12.4. The molecule has 2 aliphatic rings. The lowest BCUT2D eigenvalue weighted by molar-refractivity contribution is 0.0910. The highest BCUT2D eigenvalue weighted by Crippen LogP contribution is 2.31. The topological polar surface area (TPSA) is 38.3 Å². The van der Waals surface area contributed by atoms with Gasteiger partial charge in [-0.2, -0.15) is 0 Å². The van der Waals surface area contributed by atoms with Crippen LogP contribution in [0.2, 0.25) is 0 Å². The van der Waals surface area contributed by atoms with E-state index in [0.717, 1.165) is 29.3 Å². The van der Waals surface area contributed by atoms with Crippen LogP contribution in [0, 0.1) is 0 Å². The number of rotatable bonds is 3. The van der Waals surface area contributed by atoms with Crippen molar-refractivity contribution in [2.75, 3.05) is 5.33 Å². The van der Waals surface area contributed by atoms with Crippen LogP contribution in [0.1, 0.15) is 47.2 Å². The second-order valence-electron chi connectivity index (χ2n) is 5.55. The largest absolute Gasteiger partial charge is 0.372 e. The number of amides is 1. The Morgan fingerprint density at radius 3 is 2.74 bits per heavy atom. The zero-order valence-corrected chi connectivity index (χ0v) is 12.5. The first-order chi connectivity index (χ1) is 9.22. The van der Waals surface area contributed by atoms with Gasteiger partial charge in [-0.05, 0) is 36.1 Å². The minimum Gasteiger partial charge on any atom is -0.372 e. The number of carbonyl (C=O) groups excluding carboxylic acids is 1. The fourth-order valence-corrected chi connectivity index (χ4v) is 3.67. The minimum absolute atomic E-state index is 0.0380. The Morgan fingerprint density at radius 2 is 2.00 bits per heavy atom. The third-order valence-electron chi connectivity index (χ3n) is 4.18. The maximum Gasteiger partial charge on any atom is 0.251 e. The normalized spacial score (nSPS) is 20.3. The highest BCUT2D eigenvalue weighted by molar-refractivity contribution is 9.09. The van der Waals surface area contributed by atoms with Crippen LogP contribution < -0.4 is 5.32 Å². The molecule has 3 nitrogen and oxygen atoms in total. The predicted octanol–water partition coefficient (Wildman–Crippen LogP) is 3.15. The summed E-state index contributed by atoms with van der Waals surface area (Å²) in [7, 11) is 0. The molecule has 102 valence electrons. The molecule has 3 rings (SSSR count). The summed E-state index contributed by atoms with van der Waals surface area (Å²) in [6.45, 7) is 1.29. The Labute approximate surface area is 121 Å². The summed E-state index contributed by atoms with van der Waals surface area (Å²) in [5.41, 5.74) is 3.04. The zero-order chi connectivity index (χ0) is 13.3. The summed E-state index contributed by atoms with van der Waals surface area (Å²) in [6, 6.07) is 5.88. The Hall–Kier alpha value is -0.870. The van der Waals surface area contributed by atoms with Crippen LogP contribution in [0.5, 0.6) is 0 Å². The average molecular weight is 324 g/mol. The lowest BCUT2D eigenvalue weighted by atomic mass is 9.99. The molecule has 1 aliphatic heterocycles. The summed E-state index contributed by atoms with van der Waals surface area (Å²) in [6.07, 6.45) is 4.53. The quantitative estimate of drug-likeness (QED) is 0.868. The van der Waals surface area contributed by atoms with Crippen LogP contribution >= 0.6 is 15.9 Å². The van der Waals surface area contributed by atoms with Crippen molar-refractivity contribution in [2.45, 2.75) is 44.4 Å². The van der Waals surface area contributed by atoms with Gasteiger partial charge in [0.2, 0.25) is 0 Å². The van der Waals surface area contributed by atoms with Gasteiger partial charge < -0.3 is 10.1 Å². The van der Waals surface area contributed by atoms with Gasteiger partial charge in [-0.25, -0.2) is 0 Å². The number of halogens is 1. The van der Waals surface area contributed by atoms with Crippen molar-refractivity contribution in [3.8, 4) is 0 Å².